The lowest BCUT2D eigenvalue weighted by molar-refractivity contribution is -0.128. The summed E-state index contributed by atoms with van der Waals surface area (Å²) in [6.45, 7) is 1.74. The first-order valence-electron chi connectivity index (χ1n) is 9.36. The molecule has 1 saturated heterocycles. The Morgan fingerprint density at radius 1 is 1.27 bits per heavy atom. The Balaban J connectivity index is 1.62. The zero-order valence-electron chi connectivity index (χ0n) is 15.3. The first-order chi connectivity index (χ1) is 12.7. The van der Waals surface area contributed by atoms with Crippen molar-refractivity contribution in [1.82, 2.24) is 4.90 Å². The molecule has 0 bridgehead atoms. The molecular formula is C21H26N2O3. The van der Waals surface area contributed by atoms with Crippen molar-refractivity contribution in [3.63, 3.8) is 0 Å². The molecule has 2 unspecified atom stereocenters. The summed E-state index contributed by atoms with van der Waals surface area (Å²) in [6.07, 6.45) is 9.86. The quantitative estimate of drug-likeness (QED) is 0.757. The van der Waals surface area contributed by atoms with Gasteiger partial charge in [0.25, 0.3) is 0 Å². The lowest BCUT2D eigenvalue weighted by atomic mass is 9.75. The minimum Gasteiger partial charge on any atom is -0.493 e. The van der Waals surface area contributed by atoms with Crippen LogP contribution in [-0.2, 0) is 4.79 Å². The summed E-state index contributed by atoms with van der Waals surface area (Å²) in [5.74, 6) is 2.67. The minimum atomic E-state index is -0.0266. The zero-order chi connectivity index (χ0) is 18.4. The van der Waals surface area contributed by atoms with Crippen molar-refractivity contribution in [2.75, 3.05) is 26.8 Å². The van der Waals surface area contributed by atoms with Gasteiger partial charge in [-0.15, -0.1) is 0 Å². The second-order valence-electron chi connectivity index (χ2n) is 7.07. The maximum atomic E-state index is 12.6. The van der Waals surface area contributed by atoms with Crippen molar-refractivity contribution >= 4 is 12.0 Å². The zero-order valence-corrected chi connectivity index (χ0v) is 15.3. The molecule has 138 valence electrons. The van der Waals surface area contributed by atoms with Crippen molar-refractivity contribution in [1.29, 1.82) is 5.26 Å². The van der Waals surface area contributed by atoms with E-state index in [0.717, 1.165) is 31.0 Å². The van der Waals surface area contributed by atoms with Crippen molar-refractivity contribution in [2.24, 2.45) is 11.8 Å². The predicted molar refractivity (Wildman–Crippen MR) is 99.8 cm³/mol. The highest BCUT2D eigenvalue weighted by atomic mass is 16.5. The number of piperidine rings is 1. The third-order valence-corrected chi connectivity index (χ3v) is 5.50. The molecule has 1 aliphatic heterocycles. The number of carbonyl (C=O) groups excluding carboxylic acids is 1. The summed E-state index contributed by atoms with van der Waals surface area (Å²) in [4.78, 5) is 14.5. The largest absolute Gasteiger partial charge is 0.493 e. The maximum absolute atomic E-state index is 12.6. The van der Waals surface area contributed by atoms with Gasteiger partial charge in [-0.05, 0) is 48.4 Å². The fraction of sp³-hybridized carbons (Fsp3) is 0.524. The molecule has 2 fully saturated rings. The van der Waals surface area contributed by atoms with Crippen molar-refractivity contribution in [3.8, 4) is 17.6 Å². The first kappa shape index (κ1) is 18.3. The molecular weight excluding hydrogens is 328 g/mol. The Labute approximate surface area is 155 Å². The molecule has 0 aromatic heterocycles. The molecule has 5 heteroatoms. The fourth-order valence-electron chi connectivity index (χ4n) is 4.09. The number of hydrogen-bond donors (Lipinski definition) is 0. The highest BCUT2D eigenvalue weighted by Crippen LogP contribution is 2.36. The fourth-order valence-corrected chi connectivity index (χ4v) is 4.09. The Morgan fingerprint density at radius 3 is 2.85 bits per heavy atom. The van der Waals surface area contributed by atoms with E-state index < -0.39 is 0 Å². The van der Waals surface area contributed by atoms with E-state index >= 15 is 0 Å². The number of nitrogens with zero attached hydrogens (tertiary/aromatic N) is 2. The normalized spacial score (nSPS) is 22.5. The van der Waals surface area contributed by atoms with Crippen LogP contribution in [0.1, 0.15) is 37.7 Å². The first-order valence-corrected chi connectivity index (χ1v) is 9.36. The highest BCUT2D eigenvalue weighted by Gasteiger charge is 2.32. The summed E-state index contributed by atoms with van der Waals surface area (Å²) in [5, 5.41) is 8.62. The minimum absolute atomic E-state index is 0.0266. The second-order valence-corrected chi connectivity index (χ2v) is 7.07. The van der Waals surface area contributed by atoms with Crippen LogP contribution in [0.3, 0.4) is 0 Å². The van der Waals surface area contributed by atoms with E-state index in [1.165, 1.54) is 25.7 Å². The van der Waals surface area contributed by atoms with E-state index in [1.54, 1.807) is 19.3 Å². The number of amides is 1. The van der Waals surface area contributed by atoms with E-state index in [4.69, 9.17) is 14.7 Å². The molecule has 0 radical (unpaired) electrons. The molecule has 2 atom stereocenters. The van der Waals surface area contributed by atoms with Gasteiger partial charge in [0.05, 0.1) is 7.11 Å². The summed E-state index contributed by atoms with van der Waals surface area (Å²) in [6, 6.07) is 7.36. The monoisotopic (exact) mass is 354 g/mol. The lowest BCUT2D eigenvalue weighted by Crippen LogP contribution is -2.44. The van der Waals surface area contributed by atoms with Gasteiger partial charge in [0, 0.05) is 19.2 Å². The topological polar surface area (TPSA) is 62.6 Å². The number of likely N-dealkylation sites (tertiary alicyclic amines) is 1. The standard InChI is InChI=1S/C21H26N2O3/c1-25-20-14-16(6-8-19(20)26-13-11-22)7-9-21(24)23-12-10-17-4-2-3-5-18(17)15-23/h6-9,14,17-18H,2-5,10,12-13,15H2,1H3/b9-7+. The van der Waals surface area contributed by atoms with Gasteiger partial charge in [0.2, 0.25) is 5.91 Å². The van der Waals surface area contributed by atoms with Crippen LogP contribution in [0.15, 0.2) is 24.3 Å². The van der Waals surface area contributed by atoms with Crippen LogP contribution in [0.5, 0.6) is 11.5 Å². The lowest BCUT2D eigenvalue weighted by Gasteiger charge is -2.41. The Bertz CT molecular complexity index is 708. The molecule has 1 aliphatic carbocycles. The Morgan fingerprint density at radius 2 is 2.08 bits per heavy atom. The number of benzene rings is 1. The van der Waals surface area contributed by atoms with Gasteiger partial charge < -0.3 is 14.4 Å². The second kappa shape index (κ2) is 8.75. The van der Waals surface area contributed by atoms with Crippen LogP contribution in [0.2, 0.25) is 0 Å². The van der Waals surface area contributed by atoms with E-state index in [2.05, 4.69) is 0 Å². The maximum Gasteiger partial charge on any atom is 0.246 e. The number of hydrogen-bond acceptors (Lipinski definition) is 4. The van der Waals surface area contributed by atoms with Gasteiger partial charge in [-0.25, -0.2) is 0 Å². The molecule has 1 aromatic rings. The molecule has 0 spiro atoms. The van der Waals surface area contributed by atoms with E-state index in [1.807, 2.05) is 29.2 Å². The van der Waals surface area contributed by atoms with Crippen molar-refractivity contribution < 1.29 is 14.3 Å². The highest BCUT2D eigenvalue weighted by molar-refractivity contribution is 5.92. The van der Waals surface area contributed by atoms with Gasteiger partial charge in [-0.3, -0.25) is 4.79 Å². The number of carbonyl (C=O) groups is 1. The number of methoxy groups -OCH3 is 1. The van der Waals surface area contributed by atoms with E-state index in [-0.39, 0.29) is 12.5 Å². The Hall–Kier alpha value is -2.48. The molecule has 5 nitrogen and oxygen atoms in total. The van der Waals surface area contributed by atoms with Crippen molar-refractivity contribution in [2.45, 2.75) is 32.1 Å². The van der Waals surface area contributed by atoms with Crippen LogP contribution in [0, 0.1) is 23.2 Å². The van der Waals surface area contributed by atoms with Gasteiger partial charge >= 0.3 is 0 Å². The summed E-state index contributed by atoms with van der Waals surface area (Å²) in [5.41, 5.74) is 0.868. The van der Waals surface area contributed by atoms with E-state index in [9.17, 15) is 4.79 Å². The molecule has 26 heavy (non-hydrogen) atoms. The van der Waals surface area contributed by atoms with Gasteiger partial charge in [-0.2, -0.15) is 5.26 Å². The van der Waals surface area contributed by atoms with Gasteiger partial charge in [0.1, 0.15) is 6.07 Å². The third-order valence-electron chi connectivity index (χ3n) is 5.50. The molecule has 2 aliphatic rings. The molecule has 0 N–H and O–H groups in total. The summed E-state index contributed by atoms with van der Waals surface area (Å²) in [7, 11) is 1.56. The molecule has 1 heterocycles. The van der Waals surface area contributed by atoms with Crippen LogP contribution in [-0.4, -0.2) is 37.6 Å². The molecule has 3 rings (SSSR count). The average molecular weight is 354 g/mol. The van der Waals surface area contributed by atoms with E-state index in [0.29, 0.717) is 17.4 Å². The van der Waals surface area contributed by atoms with Crippen LogP contribution in [0.4, 0.5) is 0 Å². The average Bonchev–Trinajstić information content (AvgIpc) is 2.70. The number of ether oxygens (including phenoxy) is 2. The summed E-state index contributed by atoms with van der Waals surface area (Å²) >= 11 is 0. The van der Waals surface area contributed by atoms with Crippen LogP contribution in [0.25, 0.3) is 6.08 Å². The number of fused-ring (bicyclic) bond motifs is 1. The molecule has 1 aromatic carbocycles. The molecule has 1 saturated carbocycles. The van der Waals surface area contributed by atoms with Crippen LogP contribution >= 0.6 is 0 Å². The van der Waals surface area contributed by atoms with Crippen LogP contribution < -0.4 is 9.47 Å². The summed E-state index contributed by atoms with van der Waals surface area (Å²) < 4.78 is 10.6. The SMILES string of the molecule is COc1cc(/C=C/C(=O)N2CCC3CCCCC3C2)ccc1OCC#N. The number of rotatable bonds is 5. The van der Waals surface area contributed by atoms with Gasteiger partial charge in [0.15, 0.2) is 18.1 Å². The third kappa shape index (κ3) is 4.37. The smallest absolute Gasteiger partial charge is 0.246 e. The predicted octanol–water partition coefficient (Wildman–Crippen LogP) is 3.65. The van der Waals surface area contributed by atoms with Crippen molar-refractivity contribution in [3.05, 3.63) is 29.8 Å². The van der Waals surface area contributed by atoms with Gasteiger partial charge in [-0.1, -0.05) is 25.3 Å². The Kier molecular flexibility index (Phi) is 6.17. The molecule has 1 amide bonds. The number of nitriles is 1.